The molecule has 0 bridgehead atoms. The maximum absolute atomic E-state index is 9.81. The van der Waals surface area contributed by atoms with Gasteiger partial charge in [-0.2, -0.15) is 0 Å². The predicted octanol–water partition coefficient (Wildman–Crippen LogP) is 3.62. The van der Waals surface area contributed by atoms with Crippen molar-refractivity contribution in [3.05, 3.63) is 12.3 Å². The van der Waals surface area contributed by atoms with Gasteiger partial charge in [-0.3, -0.25) is 0 Å². The molecule has 108 valence electrons. The van der Waals surface area contributed by atoms with Crippen LogP contribution in [-0.2, 0) is 0 Å². The second kappa shape index (κ2) is 11.5. The molecule has 0 radical (unpaired) electrons. The van der Waals surface area contributed by atoms with Crippen molar-refractivity contribution < 1.29 is 10.2 Å². The monoisotopic (exact) mass is 257 g/mol. The fraction of sp³-hybridized carbons (Fsp3) is 0.867. The molecule has 0 aromatic rings. The SMILES string of the molecule is CCCCCCCC=CN(C(O)CC)C(O)CC. The molecular weight excluding hydrogens is 226 g/mol. The van der Waals surface area contributed by atoms with E-state index in [1.54, 1.807) is 4.90 Å². The van der Waals surface area contributed by atoms with Crippen LogP contribution in [-0.4, -0.2) is 27.6 Å². The maximum atomic E-state index is 9.81. The van der Waals surface area contributed by atoms with Crippen molar-refractivity contribution in [2.75, 3.05) is 0 Å². The van der Waals surface area contributed by atoms with Crippen LogP contribution in [0.3, 0.4) is 0 Å². The summed E-state index contributed by atoms with van der Waals surface area (Å²) in [5.41, 5.74) is 0. The largest absolute Gasteiger partial charge is 0.374 e. The van der Waals surface area contributed by atoms with Crippen LogP contribution in [0.25, 0.3) is 0 Å². The van der Waals surface area contributed by atoms with Crippen LogP contribution in [0.1, 0.15) is 72.1 Å². The number of hydrogen-bond donors (Lipinski definition) is 2. The summed E-state index contributed by atoms with van der Waals surface area (Å²) in [4.78, 5) is 1.64. The van der Waals surface area contributed by atoms with E-state index in [0.717, 1.165) is 6.42 Å². The van der Waals surface area contributed by atoms with E-state index in [2.05, 4.69) is 13.0 Å². The van der Waals surface area contributed by atoms with Gasteiger partial charge < -0.3 is 15.1 Å². The van der Waals surface area contributed by atoms with Gasteiger partial charge >= 0.3 is 0 Å². The molecule has 0 aliphatic carbocycles. The van der Waals surface area contributed by atoms with Gasteiger partial charge in [0, 0.05) is 6.20 Å². The summed E-state index contributed by atoms with van der Waals surface area (Å²) in [5.74, 6) is 0. The Hall–Kier alpha value is -0.540. The van der Waals surface area contributed by atoms with Crippen LogP contribution in [0.15, 0.2) is 12.3 Å². The highest BCUT2D eigenvalue weighted by Gasteiger charge is 2.15. The number of allylic oxidation sites excluding steroid dienone is 1. The van der Waals surface area contributed by atoms with Crippen molar-refractivity contribution in [1.29, 1.82) is 0 Å². The van der Waals surface area contributed by atoms with Crippen LogP contribution in [0.4, 0.5) is 0 Å². The van der Waals surface area contributed by atoms with Crippen molar-refractivity contribution >= 4 is 0 Å². The van der Waals surface area contributed by atoms with Gasteiger partial charge in [0.05, 0.1) is 0 Å². The summed E-state index contributed by atoms with van der Waals surface area (Å²) in [6.45, 7) is 6.05. The van der Waals surface area contributed by atoms with Crippen molar-refractivity contribution in [3.63, 3.8) is 0 Å². The maximum Gasteiger partial charge on any atom is 0.128 e. The molecule has 0 aromatic heterocycles. The Kier molecular flexibility index (Phi) is 11.2. The summed E-state index contributed by atoms with van der Waals surface area (Å²) in [5, 5.41) is 19.6. The molecule has 3 nitrogen and oxygen atoms in total. The zero-order valence-corrected chi connectivity index (χ0v) is 12.3. The van der Waals surface area contributed by atoms with Crippen LogP contribution in [0.2, 0.25) is 0 Å². The first-order chi connectivity index (χ1) is 8.67. The molecule has 0 fully saturated rings. The number of nitrogens with zero attached hydrogens (tertiary/aromatic N) is 1. The van der Waals surface area contributed by atoms with Crippen LogP contribution in [0.5, 0.6) is 0 Å². The second-order valence-corrected chi connectivity index (χ2v) is 4.81. The van der Waals surface area contributed by atoms with E-state index in [1.807, 2.05) is 20.0 Å². The number of unbranched alkanes of at least 4 members (excludes halogenated alkanes) is 5. The normalized spacial score (nSPS) is 14.9. The molecule has 0 aliphatic heterocycles. The lowest BCUT2D eigenvalue weighted by atomic mass is 10.1. The highest BCUT2D eigenvalue weighted by Crippen LogP contribution is 2.11. The van der Waals surface area contributed by atoms with Crippen LogP contribution >= 0.6 is 0 Å². The van der Waals surface area contributed by atoms with Gasteiger partial charge in [-0.1, -0.05) is 52.5 Å². The first-order valence-electron chi connectivity index (χ1n) is 7.47. The first kappa shape index (κ1) is 17.5. The average molecular weight is 257 g/mol. The van der Waals surface area contributed by atoms with Gasteiger partial charge in [-0.15, -0.1) is 0 Å². The molecule has 0 amide bonds. The van der Waals surface area contributed by atoms with Crippen molar-refractivity contribution in [3.8, 4) is 0 Å². The number of rotatable bonds is 11. The molecule has 3 heteroatoms. The molecule has 2 atom stereocenters. The topological polar surface area (TPSA) is 43.7 Å². The average Bonchev–Trinajstić information content (AvgIpc) is 2.40. The molecule has 0 spiro atoms. The number of hydrogen-bond acceptors (Lipinski definition) is 3. The highest BCUT2D eigenvalue weighted by molar-refractivity contribution is 4.84. The second-order valence-electron chi connectivity index (χ2n) is 4.81. The van der Waals surface area contributed by atoms with Gasteiger partial charge in [0.1, 0.15) is 12.5 Å². The third-order valence-electron chi connectivity index (χ3n) is 3.17. The lowest BCUT2D eigenvalue weighted by Gasteiger charge is -2.30. The van der Waals surface area contributed by atoms with E-state index in [4.69, 9.17) is 0 Å². The number of aliphatic hydroxyl groups is 2. The van der Waals surface area contributed by atoms with Gasteiger partial charge in [-0.05, 0) is 25.7 Å². The fourth-order valence-electron chi connectivity index (χ4n) is 1.88. The Bertz CT molecular complexity index is 197. The molecule has 0 rings (SSSR count). The van der Waals surface area contributed by atoms with E-state index in [9.17, 15) is 10.2 Å². The molecule has 0 aliphatic rings. The molecule has 0 aromatic carbocycles. The van der Waals surface area contributed by atoms with E-state index in [1.165, 1.54) is 32.1 Å². The quantitative estimate of drug-likeness (QED) is 0.439. The lowest BCUT2D eigenvalue weighted by Crippen LogP contribution is -2.38. The molecular formula is C15H31NO2. The minimum Gasteiger partial charge on any atom is -0.374 e. The first-order valence-corrected chi connectivity index (χ1v) is 7.47. The summed E-state index contributed by atoms with van der Waals surface area (Å²) in [6, 6.07) is 0. The Labute approximate surface area is 113 Å². The molecule has 18 heavy (non-hydrogen) atoms. The Morgan fingerprint density at radius 1 is 0.889 bits per heavy atom. The van der Waals surface area contributed by atoms with Gasteiger partial charge in [-0.25, -0.2) is 0 Å². The van der Waals surface area contributed by atoms with E-state index in [-0.39, 0.29) is 0 Å². The molecule has 2 N–H and O–H groups in total. The van der Waals surface area contributed by atoms with Crippen molar-refractivity contribution in [2.45, 2.75) is 84.6 Å². The minimum atomic E-state index is -0.587. The van der Waals surface area contributed by atoms with Gasteiger partial charge in [0.2, 0.25) is 0 Å². The van der Waals surface area contributed by atoms with E-state index < -0.39 is 12.5 Å². The van der Waals surface area contributed by atoms with Crippen LogP contribution in [0, 0.1) is 0 Å². The number of aliphatic hydroxyl groups excluding tert-OH is 2. The highest BCUT2D eigenvalue weighted by atomic mass is 16.3. The molecule has 0 heterocycles. The Morgan fingerprint density at radius 2 is 1.44 bits per heavy atom. The zero-order chi connectivity index (χ0) is 13.8. The molecule has 0 saturated carbocycles. The van der Waals surface area contributed by atoms with Gasteiger partial charge in [0.25, 0.3) is 0 Å². The lowest BCUT2D eigenvalue weighted by molar-refractivity contribution is -0.0725. The summed E-state index contributed by atoms with van der Waals surface area (Å²) in [7, 11) is 0. The van der Waals surface area contributed by atoms with Crippen LogP contribution < -0.4 is 0 Å². The van der Waals surface area contributed by atoms with E-state index in [0.29, 0.717) is 12.8 Å². The predicted molar refractivity (Wildman–Crippen MR) is 77.0 cm³/mol. The Balaban J connectivity index is 3.93. The Morgan fingerprint density at radius 3 is 1.94 bits per heavy atom. The summed E-state index contributed by atoms with van der Waals surface area (Å²) in [6.07, 6.45) is 11.4. The smallest absolute Gasteiger partial charge is 0.128 e. The molecule has 0 saturated heterocycles. The van der Waals surface area contributed by atoms with E-state index >= 15 is 0 Å². The zero-order valence-electron chi connectivity index (χ0n) is 12.3. The van der Waals surface area contributed by atoms with Crippen molar-refractivity contribution in [2.24, 2.45) is 0 Å². The standard InChI is InChI=1S/C15H31NO2/c1-4-7-8-9-10-11-12-13-16(14(17)5-2)15(18)6-3/h12-15,17-18H,4-11H2,1-3H3. The minimum absolute atomic E-state index is 0.587. The van der Waals surface area contributed by atoms with Crippen molar-refractivity contribution in [1.82, 2.24) is 4.90 Å². The summed E-state index contributed by atoms with van der Waals surface area (Å²) >= 11 is 0. The van der Waals surface area contributed by atoms with Gasteiger partial charge in [0.15, 0.2) is 0 Å². The fourth-order valence-corrected chi connectivity index (χ4v) is 1.88. The third-order valence-corrected chi connectivity index (χ3v) is 3.17. The summed E-state index contributed by atoms with van der Waals surface area (Å²) < 4.78 is 0. The third kappa shape index (κ3) is 7.72. The molecule has 2 unspecified atom stereocenters.